The molecule has 0 atom stereocenters. The van der Waals surface area contributed by atoms with Crippen molar-refractivity contribution < 1.29 is 17.6 Å². The lowest BCUT2D eigenvalue weighted by Crippen LogP contribution is -2.13. The molecule has 6 heteroatoms. The van der Waals surface area contributed by atoms with Gasteiger partial charge in [0, 0.05) is 10.3 Å². The van der Waals surface area contributed by atoms with E-state index in [9.17, 15) is 17.6 Å². The second kappa shape index (κ2) is 5.32. The lowest BCUT2D eigenvalue weighted by Gasteiger charge is -2.15. The van der Waals surface area contributed by atoms with E-state index in [1.807, 2.05) is 13.8 Å². The zero-order chi connectivity index (χ0) is 14.0. The monoisotopic (exact) mass is 279 g/mol. The molecule has 0 unspecified atom stereocenters. The van der Waals surface area contributed by atoms with Crippen LogP contribution in [0, 0.1) is 5.82 Å². The molecule has 0 aromatic heterocycles. The standard InChI is InChI=1S/C12H13F4NS/c1-11(2,18-17)6-5-8-3-4-9(7-10(8)13)12(14,15)16/h3-7H,17H2,1-2H3. The molecule has 0 fully saturated rings. The van der Waals surface area contributed by atoms with E-state index in [0.29, 0.717) is 6.07 Å². The highest BCUT2D eigenvalue weighted by molar-refractivity contribution is 7.98. The van der Waals surface area contributed by atoms with Crippen LogP contribution in [0.1, 0.15) is 25.0 Å². The molecule has 1 aromatic rings. The Kier molecular flexibility index (Phi) is 4.45. The topological polar surface area (TPSA) is 26.0 Å². The Morgan fingerprint density at radius 3 is 2.28 bits per heavy atom. The van der Waals surface area contributed by atoms with Crippen LogP contribution in [0.25, 0.3) is 6.08 Å². The quantitative estimate of drug-likeness (QED) is 0.661. The largest absolute Gasteiger partial charge is 0.416 e. The van der Waals surface area contributed by atoms with Crippen LogP contribution in [0.5, 0.6) is 0 Å². The molecule has 18 heavy (non-hydrogen) atoms. The predicted molar refractivity (Wildman–Crippen MR) is 66.3 cm³/mol. The summed E-state index contributed by atoms with van der Waals surface area (Å²) >= 11 is 1.07. The first-order chi connectivity index (χ1) is 8.15. The number of benzene rings is 1. The Morgan fingerprint density at radius 1 is 1.22 bits per heavy atom. The zero-order valence-electron chi connectivity index (χ0n) is 9.88. The number of alkyl halides is 3. The van der Waals surface area contributed by atoms with Crippen LogP contribution in [-0.4, -0.2) is 4.75 Å². The average molecular weight is 279 g/mol. The molecule has 0 amide bonds. The number of rotatable bonds is 3. The van der Waals surface area contributed by atoms with Crippen LogP contribution in [0.4, 0.5) is 17.6 Å². The number of nitrogens with two attached hydrogens (primary N) is 1. The van der Waals surface area contributed by atoms with Gasteiger partial charge >= 0.3 is 6.18 Å². The highest BCUT2D eigenvalue weighted by Crippen LogP contribution is 2.30. The molecule has 1 rings (SSSR count). The van der Waals surface area contributed by atoms with Gasteiger partial charge in [-0.1, -0.05) is 30.2 Å². The minimum Gasteiger partial charge on any atom is -0.277 e. The minimum absolute atomic E-state index is 0.102. The molecule has 0 aliphatic carbocycles. The lowest BCUT2D eigenvalue weighted by molar-refractivity contribution is -0.137. The fourth-order valence-electron chi connectivity index (χ4n) is 1.17. The summed E-state index contributed by atoms with van der Waals surface area (Å²) in [5.41, 5.74) is -0.894. The first-order valence-electron chi connectivity index (χ1n) is 5.09. The van der Waals surface area contributed by atoms with E-state index >= 15 is 0 Å². The van der Waals surface area contributed by atoms with Gasteiger partial charge in [-0.2, -0.15) is 13.2 Å². The zero-order valence-corrected chi connectivity index (χ0v) is 10.7. The van der Waals surface area contributed by atoms with Crippen LogP contribution >= 0.6 is 11.9 Å². The Hall–Kier alpha value is -1.01. The number of hydrogen-bond acceptors (Lipinski definition) is 2. The van der Waals surface area contributed by atoms with Crippen LogP contribution in [-0.2, 0) is 6.18 Å². The normalized spacial score (nSPS) is 13.3. The molecule has 0 saturated carbocycles. The maximum absolute atomic E-state index is 13.5. The van der Waals surface area contributed by atoms with Crippen molar-refractivity contribution in [3.8, 4) is 0 Å². The molecule has 0 heterocycles. The molecule has 100 valence electrons. The van der Waals surface area contributed by atoms with Crippen molar-refractivity contribution in [2.45, 2.75) is 24.8 Å². The van der Waals surface area contributed by atoms with Gasteiger partial charge in [0.15, 0.2) is 0 Å². The SMILES string of the molecule is CC(C)(C=Cc1ccc(C(F)(F)F)cc1F)SN. The Labute approximate surface area is 107 Å². The fraction of sp³-hybridized carbons (Fsp3) is 0.333. The fourth-order valence-corrected chi connectivity index (χ4v) is 1.31. The van der Waals surface area contributed by atoms with Gasteiger partial charge in [-0.05, 0) is 26.0 Å². The van der Waals surface area contributed by atoms with Crippen molar-refractivity contribution in [3.63, 3.8) is 0 Å². The Balaban J connectivity index is 3.01. The maximum atomic E-state index is 13.5. The Morgan fingerprint density at radius 2 is 1.83 bits per heavy atom. The molecule has 0 saturated heterocycles. The molecule has 0 aliphatic heterocycles. The van der Waals surface area contributed by atoms with E-state index in [1.165, 1.54) is 6.08 Å². The van der Waals surface area contributed by atoms with Crippen molar-refractivity contribution in [2.75, 3.05) is 0 Å². The summed E-state index contributed by atoms with van der Waals surface area (Å²) in [6.45, 7) is 3.63. The summed E-state index contributed by atoms with van der Waals surface area (Å²) in [6.07, 6.45) is -1.46. The van der Waals surface area contributed by atoms with Crippen LogP contribution < -0.4 is 5.14 Å². The third-order valence-electron chi connectivity index (χ3n) is 2.30. The van der Waals surface area contributed by atoms with E-state index in [4.69, 9.17) is 5.14 Å². The first kappa shape index (κ1) is 15.0. The van der Waals surface area contributed by atoms with E-state index in [2.05, 4.69) is 0 Å². The molecule has 0 spiro atoms. The summed E-state index contributed by atoms with van der Waals surface area (Å²) in [5.74, 6) is -0.904. The molecular weight excluding hydrogens is 266 g/mol. The van der Waals surface area contributed by atoms with Gasteiger partial charge in [0.25, 0.3) is 0 Å². The van der Waals surface area contributed by atoms with Crippen molar-refractivity contribution in [2.24, 2.45) is 5.14 Å². The van der Waals surface area contributed by atoms with Crippen LogP contribution in [0.3, 0.4) is 0 Å². The summed E-state index contributed by atoms with van der Waals surface area (Å²) in [6, 6.07) is 2.44. The van der Waals surface area contributed by atoms with Crippen molar-refractivity contribution >= 4 is 18.0 Å². The van der Waals surface area contributed by atoms with E-state index in [1.54, 1.807) is 6.08 Å². The van der Waals surface area contributed by atoms with E-state index in [-0.39, 0.29) is 5.56 Å². The Bertz CT molecular complexity index is 452. The van der Waals surface area contributed by atoms with Crippen LogP contribution in [0.15, 0.2) is 24.3 Å². The summed E-state index contributed by atoms with van der Waals surface area (Å²) in [4.78, 5) is 0. The molecular formula is C12H13F4NS. The maximum Gasteiger partial charge on any atom is 0.416 e. The first-order valence-corrected chi connectivity index (χ1v) is 5.97. The van der Waals surface area contributed by atoms with E-state index < -0.39 is 22.3 Å². The molecule has 1 nitrogen and oxygen atoms in total. The van der Waals surface area contributed by atoms with Gasteiger partial charge in [0.2, 0.25) is 0 Å². The van der Waals surface area contributed by atoms with Gasteiger partial charge < -0.3 is 0 Å². The smallest absolute Gasteiger partial charge is 0.277 e. The minimum atomic E-state index is -4.53. The summed E-state index contributed by atoms with van der Waals surface area (Å²) in [5, 5.41) is 5.41. The molecule has 0 radical (unpaired) electrons. The molecule has 2 N–H and O–H groups in total. The van der Waals surface area contributed by atoms with Crippen LogP contribution in [0.2, 0.25) is 0 Å². The third-order valence-corrected chi connectivity index (χ3v) is 3.04. The lowest BCUT2D eigenvalue weighted by atomic mass is 10.1. The van der Waals surface area contributed by atoms with Gasteiger partial charge in [0.05, 0.1) is 5.56 Å². The van der Waals surface area contributed by atoms with Crippen molar-refractivity contribution in [1.82, 2.24) is 0 Å². The molecule has 0 aliphatic rings. The van der Waals surface area contributed by atoms with Gasteiger partial charge in [0.1, 0.15) is 5.82 Å². The number of hydrogen-bond donors (Lipinski definition) is 1. The van der Waals surface area contributed by atoms with Gasteiger partial charge in [-0.25, -0.2) is 4.39 Å². The summed E-state index contributed by atoms with van der Waals surface area (Å²) in [7, 11) is 0. The average Bonchev–Trinajstić information content (AvgIpc) is 2.26. The second-order valence-corrected chi connectivity index (χ2v) is 5.58. The van der Waals surface area contributed by atoms with Crippen molar-refractivity contribution in [1.29, 1.82) is 0 Å². The van der Waals surface area contributed by atoms with Gasteiger partial charge in [-0.3, -0.25) is 5.14 Å². The molecule has 1 aromatic carbocycles. The van der Waals surface area contributed by atoms with Crippen molar-refractivity contribution in [3.05, 3.63) is 41.2 Å². The van der Waals surface area contributed by atoms with Gasteiger partial charge in [-0.15, -0.1) is 0 Å². The predicted octanol–water partition coefficient (Wildman–Crippen LogP) is 4.24. The summed E-state index contributed by atoms with van der Waals surface area (Å²) < 4.78 is 50.0. The second-order valence-electron chi connectivity index (χ2n) is 4.29. The van der Waals surface area contributed by atoms with E-state index in [0.717, 1.165) is 24.1 Å². The third kappa shape index (κ3) is 4.03. The molecule has 0 bridgehead atoms. The highest BCUT2D eigenvalue weighted by Gasteiger charge is 2.31. The number of halogens is 4. The highest BCUT2D eigenvalue weighted by atomic mass is 32.2.